The van der Waals surface area contributed by atoms with Crippen molar-refractivity contribution >= 4 is 33.3 Å². The smallest absolute Gasteiger partial charge is 0.221 e. The molecule has 0 saturated heterocycles. The summed E-state index contributed by atoms with van der Waals surface area (Å²) in [6.07, 6.45) is 0. The van der Waals surface area contributed by atoms with E-state index in [4.69, 9.17) is 0 Å². The van der Waals surface area contributed by atoms with Crippen molar-refractivity contribution in [3.8, 4) is 0 Å². The van der Waals surface area contributed by atoms with Crippen LogP contribution in [-0.4, -0.2) is 15.5 Å². The van der Waals surface area contributed by atoms with E-state index >= 15 is 0 Å². The van der Waals surface area contributed by atoms with Crippen molar-refractivity contribution < 1.29 is 4.79 Å². The summed E-state index contributed by atoms with van der Waals surface area (Å²) in [5.74, 6) is -0.0825. The zero-order valence-corrected chi connectivity index (χ0v) is 7.76. The lowest BCUT2D eigenvalue weighted by atomic mass is 10.3. The molecule has 0 aliphatic carbocycles. The highest BCUT2D eigenvalue weighted by molar-refractivity contribution is 7.13. The van der Waals surface area contributed by atoms with Crippen LogP contribution in [0.1, 0.15) is 6.92 Å². The van der Waals surface area contributed by atoms with Crippen LogP contribution in [0.15, 0.2) is 18.2 Å². The normalized spacial score (nSPS) is 10.2. The van der Waals surface area contributed by atoms with Crippen LogP contribution in [0.25, 0.3) is 10.2 Å². The summed E-state index contributed by atoms with van der Waals surface area (Å²) < 4.78 is 4.72. The average Bonchev–Trinajstić information content (AvgIpc) is 2.51. The Morgan fingerprint density at radius 3 is 3.15 bits per heavy atom. The number of benzene rings is 1. The lowest BCUT2D eigenvalue weighted by Gasteiger charge is -2.00. The van der Waals surface area contributed by atoms with Crippen molar-refractivity contribution in [1.82, 2.24) is 9.59 Å². The molecule has 0 atom stereocenters. The van der Waals surface area contributed by atoms with Crippen LogP contribution < -0.4 is 5.32 Å². The summed E-state index contributed by atoms with van der Waals surface area (Å²) in [4.78, 5) is 10.8. The van der Waals surface area contributed by atoms with Gasteiger partial charge in [-0.1, -0.05) is 10.6 Å². The second-order valence-corrected chi connectivity index (χ2v) is 3.36. The van der Waals surface area contributed by atoms with Gasteiger partial charge in [-0.3, -0.25) is 4.79 Å². The molecule has 0 aliphatic rings. The van der Waals surface area contributed by atoms with E-state index in [1.807, 2.05) is 18.2 Å². The number of rotatable bonds is 1. The minimum Gasteiger partial charge on any atom is -0.325 e. The fraction of sp³-hybridized carbons (Fsp3) is 0.125. The minimum absolute atomic E-state index is 0.0825. The number of fused-ring (bicyclic) bond motifs is 1. The summed E-state index contributed by atoms with van der Waals surface area (Å²) in [6.45, 7) is 1.48. The SMILES string of the molecule is CC(=O)Nc1cccc2nnsc12. The number of carbonyl (C=O) groups excluding carboxylic acids is 1. The first-order valence-electron chi connectivity index (χ1n) is 3.76. The van der Waals surface area contributed by atoms with Crippen molar-refractivity contribution in [1.29, 1.82) is 0 Å². The molecule has 4 nitrogen and oxygen atoms in total. The molecular formula is C8H7N3OS. The zero-order chi connectivity index (χ0) is 9.26. The summed E-state index contributed by atoms with van der Waals surface area (Å²) >= 11 is 1.28. The molecule has 1 aromatic carbocycles. The number of aromatic nitrogens is 2. The van der Waals surface area contributed by atoms with E-state index in [1.165, 1.54) is 18.5 Å². The highest BCUT2D eigenvalue weighted by Gasteiger charge is 2.04. The number of anilines is 1. The fourth-order valence-corrected chi connectivity index (χ4v) is 1.72. The summed E-state index contributed by atoms with van der Waals surface area (Å²) in [5, 5.41) is 6.63. The van der Waals surface area contributed by atoms with Crippen LogP contribution in [0, 0.1) is 0 Å². The lowest BCUT2D eigenvalue weighted by Crippen LogP contribution is -2.05. The van der Waals surface area contributed by atoms with E-state index in [2.05, 4.69) is 14.9 Å². The minimum atomic E-state index is -0.0825. The Morgan fingerprint density at radius 1 is 1.54 bits per heavy atom. The summed E-state index contributed by atoms with van der Waals surface area (Å²) in [6, 6.07) is 5.54. The Kier molecular flexibility index (Phi) is 1.94. The van der Waals surface area contributed by atoms with Crippen LogP contribution >= 0.6 is 11.5 Å². The average molecular weight is 193 g/mol. The predicted octanol–water partition coefficient (Wildman–Crippen LogP) is 1.65. The molecule has 0 unspecified atom stereocenters. The van der Waals surface area contributed by atoms with E-state index in [0.29, 0.717) is 0 Å². The summed E-state index contributed by atoms with van der Waals surface area (Å²) in [5.41, 5.74) is 1.59. The molecule has 0 saturated carbocycles. The molecule has 0 radical (unpaired) electrons. The second-order valence-electron chi connectivity index (χ2n) is 2.61. The van der Waals surface area contributed by atoms with Crippen molar-refractivity contribution in [2.75, 3.05) is 5.32 Å². The number of hydrogen-bond donors (Lipinski definition) is 1. The maximum atomic E-state index is 10.8. The van der Waals surface area contributed by atoms with Gasteiger partial charge in [0.15, 0.2) is 0 Å². The first kappa shape index (κ1) is 8.12. The Labute approximate surface area is 78.7 Å². The molecule has 0 fully saturated rings. The number of hydrogen-bond acceptors (Lipinski definition) is 4. The van der Waals surface area contributed by atoms with Gasteiger partial charge < -0.3 is 5.32 Å². The highest BCUT2D eigenvalue weighted by Crippen LogP contribution is 2.24. The molecule has 1 amide bonds. The number of carbonyl (C=O) groups is 1. The van der Waals surface area contributed by atoms with Crippen LogP contribution in [0.4, 0.5) is 5.69 Å². The van der Waals surface area contributed by atoms with Gasteiger partial charge in [0.2, 0.25) is 5.91 Å². The largest absolute Gasteiger partial charge is 0.325 e. The van der Waals surface area contributed by atoms with Crippen LogP contribution in [-0.2, 0) is 4.79 Å². The molecule has 1 aromatic heterocycles. The van der Waals surface area contributed by atoms with Crippen LogP contribution in [0.2, 0.25) is 0 Å². The Balaban J connectivity index is 2.54. The standard InChI is InChI=1S/C8H7N3OS/c1-5(12)9-6-3-2-4-7-8(6)13-11-10-7/h2-4H,1H3,(H,9,12). The van der Waals surface area contributed by atoms with Crippen molar-refractivity contribution in [3.63, 3.8) is 0 Å². The molecule has 2 rings (SSSR count). The predicted molar refractivity (Wildman–Crippen MR) is 51.7 cm³/mol. The molecule has 0 bridgehead atoms. The molecule has 5 heteroatoms. The molecule has 2 aromatic rings. The van der Waals surface area contributed by atoms with E-state index in [1.54, 1.807) is 0 Å². The molecule has 66 valence electrons. The highest BCUT2D eigenvalue weighted by atomic mass is 32.1. The fourth-order valence-electron chi connectivity index (χ4n) is 1.09. The van der Waals surface area contributed by atoms with Gasteiger partial charge in [0, 0.05) is 6.92 Å². The second kappa shape index (κ2) is 3.10. The first-order chi connectivity index (χ1) is 6.27. The Morgan fingerprint density at radius 2 is 2.38 bits per heavy atom. The monoisotopic (exact) mass is 193 g/mol. The zero-order valence-electron chi connectivity index (χ0n) is 6.94. The van der Waals surface area contributed by atoms with Gasteiger partial charge in [0.1, 0.15) is 5.52 Å². The maximum absolute atomic E-state index is 10.8. The van der Waals surface area contributed by atoms with E-state index in [0.717, 1.165) is 15.9 Å². The number of nitrogens with one attached hydrogen (secondary N) is 1. The third-order valence-corrected chi connectivity index (χ3v) is 2.36. The van der Waals surface area contributed by atoms with Gasteiger partial charge in [-0.15, -0.1) is 5.10 Å². The van der Waals surface area contributed by atoms with E-state index in [9.17, 15) is 4.79 Å². The first-order valence-corrected chi connectivity index (χ1v) is 4.53. The quantitative estimate of drug-likeness (QED) is 0.749. The summed E-state index contributed by atoms with van der Waals surface area (Å²) in [7, 11) is 0. The third kappa shape index (κ3) is 1.50. The number of amides is 1. The van der Waals surface area contributed by atoms with Gasteiger partial charge in [-0.05, 0) is 23.7 Å². The van der Waals surface area contributed by atoms with Gasteiger partial charge in [0.05, 0.1) is 10.4 Å². The van der Waals surface area contributed by atoms with Crippen LogP contribution in [0.5, 0.6) is 0 Å². The molecule has 1 heterocycles. The van der Waals surface area contributed by atoms with Gasteiger partial charge in [-0.25, -0.2) is 0 Å². The van der Waals surface area contributed by atoms with E-state index in [-0.39, 0.29) is 5.91 Å². The molecule has 13 heavy (non-hydrogen) atoms. The maximum Gasteiger partial charge on any atom is 0.221 e. The number of nitrogens with zero attached hydrogens (tertiary/aromatic N) is 2. The topological polar surface area (TPSA) is 54.9 Å². The van der Waals surface area contributed by atoms with Crippen molar-refractivity contribution in [2.24, 2.45) is 0 Å². The van der Waals surface area contributed by atoms with Crippen LogP contribution in [0.3, 0.4) is 0 Å². The molecule has 0 aliphatic heterocycles. The van der Waals surface area contributed by atoms with E-state index < -0.39 is 0 Å². The Hall–Kier alpha value is -1.49. The van der Waals surface area contributed by atoms with Gasteiger partial charge >= 0.3 is 0 Å². The molecule has 0 spiro atoms. The molecular weight excluding hydrogens is 186 g/mol. The van der Waals surface area contributed by atoms with Gasteiger partial charge in [0.25, 0.3) is 0 Å². The third-order valence-electron chi connectivity index (χ3n) is 1.59. The lowest BCUT2D eigenvalue weighted by molar-refractivity contribution is -0.114. The Bertz CT molecular complexity index is 451. The van der Waals surface area contributed by atoms with Crippen molar-refractivity contribution in [2.45, 2.75) is 6.92 Å². The van der Waals surface area contributed by atoms with Crippen molar-refractivity contribution in [3.05, 3.63) is 18.2 Å². The van der Waals surface area contributed by atoms with Gasteiger partial charge in [-0.2, -0.15) is 0 Å². The molecule has 1 N–H and O–H groups in total.